The highest BCUT2D eigenvalue weighted by atomic mass is 16.5. The summed E-state index contributed by atoms with van der Waals surface area (Å²) in [7, 11) is 0. The van der Waals surface area contributed by atoms with E-state index in [0.29, 0.717) is 0 Å². The zero-order valence-corrected chi connectivity index (χ0v) is 36.4. The van der Waals surface area contributed by atoms with Gasteiger partial charge >= 0.3 is 0 Å². The fourth-order valence-electron chi connectivity index (χ4n) is 10.2. The first kappa shape index (κ1) is 39.0. The number of para-hydroxylation sites is 4. The molecule has 10 aromatic carbocycles. The molecule has 0 saturated carbocycles. The highest BCUT2D eigenvalue weighted by Crippen LogP contribution is 2.47. The van der Waals surface area contributed by atoms with E-state index in [2.05, 4.69) is 265 Å². The molecule has 0 bridgehead atoms. The summed E-state index contributed by atoms with van der Waals surface area (Å²) < 4.78 is 17.7. The van der Waals surface area contributed by atoms with Crippen LogP contribution in [0.5, 0.6) is 23.0 Å². The molecule has 2 heterocycles. The molecule has 2 aromatic heterocycles. The van der Waals surface area contributed by atoms with Crippen LogP contribution in [0.25, 0.3) is 55.0 Å². The minimum atomic E-state index is -0.641. The summed E-state index contributed by atoms with van der Waals surface area (Å²) in [5, 5.41) is 4.97. The van der Waals surface area contributed by atoms with Gasteiger partial charge in [-0.05, 0) is 132 Å². The predicted octanol–water partition coefficient (Wildman–Crippen LogP) is 16.2. The highest BCUT2D eigenvalue weighted by Gasteiger charge is 2.39. The normalized spacial score (nSPS) is 11.7. The summed E-state index contributed by atoms with van der Waals surface area (Å²) in [6.45, 7) is 2.20. The van der Waals surface area contributed by atoms with E-state index in [1.54, 1.807) is 0 Å². The third kappa shape index (κ3) is 6.53. The molecule has 0 saturated heterocycles. The zero-order valence-electron chi connectivity index (χ0n) is 36.4. The number of aryl methyl sites for hydroxylation is 1. The van der Waals surface area contributed by atoms with Crippen molar-refractivity contribution in [2.24, 2.45) is 0 Å². The van der Waals surface area contributed by atoms with Crippen LogP contribution in [-0.2, 0) is 5.41 Å². The van der Waals surface area contributed by atoms with Crippen LogP contribution in [0.4, 0.5) is 0 Å². The van der Waals surface area contributed by atoms with Crippen LogP contribution in [0.1, 0.15) is 27.8 Å². The molecule has 0 aliphatic heterocycles. The number of benzene rings is 10. The Balaban J connectivity index is 0.863. The van der Waals surface area contributed by atoms with Gasteiger partial charge in [0.1, 0.15) is 23.0 Å². The van der Waals surface area contributed by atoms with Crippen molar-refractivity contribution in [1.29, 1.82) is 0 Å². The lowest BCUT2D eigenvalue weighted by Gasteiger charge is -2.38. The topological polar surface area (TPSA) is 28.3 Å². The molecule has 0 aliphatic rings. The van der Waals surface area contributed by atoms with E-state index in [0.717, 1.165) is 45.5 Å². The molecule has 4 heteroatoms. The molecule has 0 N–H and O–H groups in total. The molecular formula is C62H44N2O2. The van der Waals surface area contributed by atoms with E-state index >= 15 is 0 Å². The molecule has 0 amide bonds. The van der Waals surface area contributed by atoms with Crippen LogP contribution >= 0.6 is 0 Å². The second-order valence-electron chi connectivity index (χ2n) is 16.9. The monoisotopic (exact) mass is 848 g/mol. The van der Waals surface area contributed by atoms with Crippen molar-refractivity contribution in [2.45, 2.75) is 12.3 Å². The minimum absolute atomic E-state index is 0.641. The van der Waals surface area contributed by atoms with Crippen molar-refractivity contribution in [2.75, 3.05) is 0 Å². The molecule has 0 atom stereocenters. The molecule has 314 valence electrons. The van der Waals surface area contributed by atoms with Crippen molar-refractivity contribution < 1.29 is 9.47 Å². The highest BCUT2D eigenvalue weighted by molar-refractivity contribution is 6.10. The molecule has 0 unspecified atom stereocenters. The maximum absolute atomic E-state index is 6.55. The molecule has 0 aliphatic carbocycles. The van der Waals surface area contributed by atoms with Gasteiger partial charge in [0.15, 0.2) is 0 Å². The molecule has 66 heavy (non-hydrogen) atoms. The van der Waals surface area contributed by atoms with Gasteiger partial charge in [0.25, 0.3) is 0 Å². The zero-order chi connectivity index (χ0) is 44.0. The second-order valence-corrected chi connectivity index (χ2v) is 16.9. The molecule has 12 aromatic rings. The standard InChI is InChI=1S/C62H44N2O2/c1-43-15-5-10-22-57(43)62(44-16-3-2-4-17-44,45-27-35-49(36-28-45)65-51-39-31-47(32-40-51)63-58-23-11-6-18-53(58)54-19-7-12-24-59(54)63)46-29-37-50(38-30-46)66-52-41-33-48(34-42-52)64-60-25-13-8-20-55(60)56-21-9-14-26-61(56)64/h2-42H,1H3. The fourth-order valence-corrected chi connectivity index (χ4v) is 10.2. The van der Waals surface area contributed by atoms with Crippen molar-refractivity contribution in [3.8, 4) is 34.4 Å². The van der Waals surface area contributed by atoms with Gasteiger partial charge in [0, 0.05) is 32.9 Å². The molecule has 4 nitrogen and oxygen atoms in total. The van der Waals surface area contributed by atoms with Gasteiger partial charge in [-0.25, -0.2) is 0 Å². The number of hydrogen-bond donors (Lipinski definition) is 0. The van der Waals surface area contributed by atoms with Gasteiger partial charge in [-0.15, -0.1) is 0 Å². The molecule has 0 fully saturated rings. The average molecular weight is 849 g/mol. The number of rotatable bonds is 10. The Bertz CT molecular complexity index is 3370. The number of aromatic nitrogens is 2. The van der Waals surface area contributed by atoms with Crippen LogP contribution < -0.4 is 9.47 Å². The maximum Gasteiger partial charge on any atom is 0.127 e. The number of hydrogen-bond acceptors (Lipinski definition) is 2. The Labute approximate surface area is 383 Å². The Morgan fingerprint density at radius 3 is 0.970 bits per heavy atom. The lowest BCUT2D eigenvalue weighted by atomic mass is 9.64. The number of nitrogens with zero attached hydrogens (tertiary/aromatic N) is 2. The summed E-state index contributed by atoms with van der Waals surface area (Å²) >= 11 is 0. The van der Waals surface area contributed by atoms with Gasteiger partial charge in [0.05, 0.1) is 27.5 Å². The van der Waals surface area contributed by atoms with Crippen LogP contribution in [0.2, 0.25) is 0 Å². The van der Waals surface area contributed by atoms with Crippen molar-refractivity contribution in [3.05, 3.63) is 277 Å². The van der Waals surface area contributed by atoms with Crippen LogP contribution in [0.15, 0.2) is 249 Å². The molecular weight excluding hydrogens is 805 g/mol. The van der Waals surface area contributed by atoms with Crippen LogP contribution in [0.3, 0.4) is 0 Å². The Kier molecular flexibility index (Phi) is 9.57. The van der Waals surface area contributed by atoms with Gasteiger partial charge in [-0.1, -0.05) is 152 Å². The first-order chi connectivity index (χ1) is 32.6. The van der Waals surface area contributed by atoms with E-state index in [9.17, 15) is 0 Å². The SMILES string of the molecule is Cc1ccccc1C(c1ccccc1)(c1ccc(Oc2ccc(-n3c4ccccc4c4ccccc43)cc2)cc1)c1ccc(Oc2ccc(-n3c4ccccc4c4ccccc43)cc2)cc1. The fraction of sp³-hybridized carbons (Fsp3) is 0.0323. The van der Waals surface area contributed by atoms with E-state index in [1.807, 2.05) is 0 Å². The van der Waals surface area contributed by atoms with Gasteiger partial charge in [0.2, 0.25) is 0 Å². The summed E-state index contributed by atoms with van der Waals surface area (Å²) in [6, 6.07) is 87.8. The molecule has 0 spiro atoms. The predicted molar refractivity (Wildman–Crippen MR) is 271 cm³/mol. The third-order valence-electron chi connectivity index (χ3n) is 13.2. The quantitative estimate of drug-likeness (QED) is 0.128. The smallest absolute Gasteiger partial charge is 0.127 e. The molecule has 0 radical (unpaired) electrons. The third-order valence-corrected chi connectivity index (χ3v) is 13.2. The van der Waals surface area contributed by atoms with Crippen molar-refractivity contribution in [1.82, 2.24) is 9.13 Å². The van der Waals surface area contributed by atoms with Gasteiger partial charge < -0.3 is 18.6 Å². The Morgan fingerprint density at radius 2 is 0.591 bits per heavy atom. The summed E-state index contributed by atoms with van der Waals surface area (Å²) in [6.07, 6.45) is 0. The van der Waals surface area contributed by atoms with E-state index in [-0.39, 0.29) is 0 Å². The largest absolute Gasteiger partial charge is 0.457 e. The van der Waals surface area contributed by atoms with Crippen LogP contribution in [-0.4, -0.2) is 9.13 Å². The van der Waals surface area contributed by atoms with Gasteiger partial charge in [-0.3, -0.25) is 0 Å². The Hall–Kier alpha value is -8.60. The first-order valence-corrected chi connectivity index (χ1v) is 22.5. The van der Waals surface area contributed by atoms with E-state index < -0.39 is 5.41 Å². The van der Waals surface area contributed by atoms with E-state index in [1.165, 1.54) is 60.3 Å². The summed E-state index contributed by atoms with van der Waals surface area (Å²) in [5.41, 5.74) is 12.1. The first-order valence-electron chi connectivity index (χ1n) is 22.5. The van der Waals surface area contributed by atoms with Crippen LogP contribution in [0, 0.1) is 6.92 Å². The lowest BCUT2D eigenvalue weighted by Crippen LogP contribution is -2.31. The van der Waals surface area contributed by atoms with Crippen molar-refractivity contribution in [3.63, 3.8) is 0 Å². The average Bonchev–Trinajstić information content (AvgIpc) is 3.90. The summed E-state index contributed by atoms with van der Waals surface area (Å²) in [4.78, 5) is 0. The second kappa shape index (κ2) is 16.2. The number of ether oxygens (including phenoxy) is 2. The Morgan fingerprint density at radius 1 is 0.288 bits per heavy atom. The van der Waals surface area contributed by atoms with Gasteiger partial charge in [-0.2, -0.15) is 0 Å². The maximum atomic E-state index is 6.55. The lowest BCUT2D eigenvalue weighted by molar-refractivity contribution is 0.482. The number of fused-ring (bicyclic) bond motifs is 6. The molecule has 12 rings (SSSR count). The summed E-state index contributed by atoms with van der Waals surface area (Å²) in [5.74, 6) is 3.08. The van der Waals surface area contributed by atoms with E-state index in [4.69, 9.17) is 9.47 Å². The minimum Gasteiger partial charge on any atom is -0.457 e. The van der Waals surface area contributed by atoms with Crippen molar-refractivity contribution >= 4 is 43.6 Å².